The van der Waals surface area contributed by atoms with Crippen LogP contribution in [0.2, 0.25) is 0 Å². The molecule has 3 heterocycles. The number of para-hydroxylation sites is 1. The molecule has 220 valence electrons. The molecular formula is C31H39BrN4O5. The number of amides is 3. The van der Waals surface area contributed by atoms with E-state index in [0.717, 1.165) is 18.8 Å². The van der Waals surface area contributed by atoms with Gasteiger partial charge in [0.2, 0.25) is 17.7 Å². The fourth-order valence-electron chi connectivity index (χ4n) is 6.95. The van der Waals surface area contributed by atoms with E-state index in [9.17, 15) is 19.5 Å². The third-order valence-corrected chi connectivity index (χ3v) is 9.74. The second-order valence-electron chi connectivity index (χ2n) is 11.5. The number of alkyl halides is 1. The summed E-state index contributed by atoms with van der Waals surface area (Å²) in [5.74, 6) is -2.80. The van der Waals surface area contributed by atoms with E-state index in [2.05, 4.69) is 45.3 Å². The van der Waals surface area contributed by atoms with Gasteiger partial charge in [0, 0.05) is 35.0 Å². The highest BCUT2D eigenvalue weighted by Crippen LogP contribution is 2.60. The molecule has 3 aliphatic heterocycles. The number of likely N-dealkylation sites (tertiary alicyclic amines) is 1. The first-order valence-corrected chi connectivity index (χ1v) is 15.3. The number of fused-ring (bicyclic) bond motifs is 1. The quantitative estimate of drug-likeness (QED) is 0.345. The molecule has 7 atom stereocenters. The fraction of sp³-hybridized carbons (Fsp3) is 0.516. The summed E-state index contributed by atoms with van der Waals surface area (Å²) in [6.07, 6.45) is -0.167. The molecule has 10 heteroatoms. The maximum Gasteiger partial charge on any atom is 0.250 e. The van der Waals surface area contributed by atoms with E-state index >= 15 is 0 Å². The molecule has 9 nitrogen and oxygen atoms in total. The largest absolute Gasteiger partial charge is 0.394 e. The van der Waals surface area contributed by atoms with E-state index in [1.165, 1.54) is 4.90 Å². The standard InChI is InChI=1S/C31H39BrN4O5/c1-5-35(6-2)21-14-12-20(13-15-21)34-29(39)27-31-16-22(32)26(41-31)24(28(38)33-19-10-8-7-9-11-19)25(31)30(40)36(27)23(17-37)18(3)4/h7-15,18,22-27,37H,5-6,16-17H2,1-4H3,(H,33,38)(H,34,39)/t22?,23-,24-,25-,26-,27?,31?/m0/s1. The van der Waals surface area contributed by atoms with Crippen molar-refractivity contribution < 1.29 is 24.2 Å². The van der Waals surface area contributed by atoms with Crippen LogP contribution < -0.4 is 15.5 Å². The minimum atomic E-state index is -1.21. The molecule has 2 aromatic carbocycles. The van der Waals surface area contributed by atoms with E-state index in [1.807, 2.05) is 56.3 Å². The number of hydrogen-bond acceptors (Lipinski definition) is 6. The number of hydrogen-bond donors (Lipinski definition) is 3. The van der Waals surface area contributed by atoms with Crippen molar-refractivity contribution in [2.24, 2.45) is 17.8 Å². The van der Waals surface area contributed by atoms with Crippen LogP contribution >= 0.6 is 15.9 Å². The minimum absolute atomic E-state index is 0.128. The Kier molecular flexibility index (Phi) is 8.46. The van der Waals surface area contributed by atoms with E-state index in [4.69, 9.17) is 4.74 Å². The number of carbonyl (C=O) groups excluding carboxylic acids is 3. The van der Waals surface area contributed by atoms with Crippen LogP contribution in [0.15, 0.2) is 54.6 Å². The molecule has 1 spiro atoms. The van der Waals surface area contributed by atoms with Crippen molar-refractivity contribution in [3.63, 3.8) is 0 Å². The summed E-state index contributed by atoms with van der Waals surface area (Å²) in [5, 5.41) is 16.3. The smallest absolute Gasteiger partial charge is 0.250 e. The van der Waals surface area contributed by atoms with Crippen molar-refractivity contribution in [2.45, 2.75) is 62.7 Å². The number of nitrogens with zero attached hydrogens (tertiary/aromatic N) is 2. The Balaban J connectivity index is 1.49. The molecule has 3 aliphatic rings. The highest BCUT2D eigenvalue weighted by Gasteiger charge is 2.77. The predicted molar refractivity (Wildman–Crippen MR) is 162 cm³/mol. The van der Waals surface area contributed by atoms with E-state index in [0.29, 0.717) is 17.8 Å². The van der Waals surface area contributed by atoms with Gasteiger partial charge in [0.1, 0.15) is 11.6 Å². The molecule has 0 saturated carbocycles. The van der Waals surface area contributed by atoms with Crippen LogP contribution in [-0.4, -0.2) is 76.0 Å². The van der Waals surface area contributed by atoms with Crippen molar-refractivity contribution in [1.82, 2.24) is 4.90 Å². The Morgan fingerprint density at radius 3 is 2.24 bits per heavy atom. The van der Waals surface area contributed by atoms with E-state index in [1.54, 1.807) is 12.1 Å². The Bertz CT molecular complexity index is 1270. The van der Waals surface area contributed by atoms with Crippen molar-refractivity contribution >= 4 is 50.7 Å². The SMILES string of the molecule is CCN(CC)c1ccc(NC(=O)C2N([C@@H](CO)C(C)C)C(=O)[C@@H]3[C@H](C(=O)Nc4ccccc4)[C@H]4OC23CC4Br)cc1. The Labute approximate surface area is 249 Å². The predicted octanol–water partition coefficient (Wildman–Crippen LogP) is 3.87. The zero-order valence-electron chi connectivity index (χ0n) is 23.9. The van der Waals surface area contributed by atoms with Crippen LogP contribution in [0.5, 0.6) is 0 Å². The van der Waals surface area contributed by atoms with Crippen molar-refractivity contribution in [2.75, 3.05) is 35.2 Å². The lowest BCUT2D eigenvalue weighted by Gasteiger charge is -2.38. The monoisotopic (exact) mass is 626 g/mol. The number of anilines is 3. The van der Waals surface area contributed by atoms with Crippen LogP contribution in [-0.2, 0) is 19.1 Å². The Morgan fingerprint density at radius 1 is 1.05 bits per heavy atom. The van der Waals surface area contributed by atoms with Gasteiger partial charge in [-0.25, -0.2) is 0 Å². The van der Waals surface area contributed by atoms with Crippen LogP contribution in [0.4, 0.5) is 17.1 Å². The first-order valence-electron chi connectivity index (χ1n) is 14.4. The second-order valence-corrected chi connectivity index (χ2v) is 12.6. The van der Waals surface area contributed by atoms with Gasteiger partial charge < -0.3 is 30.3 Å². The first-order chi connectivity index (χ1) is 19.7. The van der Waals surface area contributed by atoms with Crippen LogP contribution in [0.25, 0.3) is 0 Å². The minimum Gasteiger partial charge on any atom is -0.394 e. The van der Waals surface area contributed by atoms with Gasteiger partial charge in [-0.05, 0) is 62.6 Å². The maximum absolute atomic E-state index is 14.3. The van der Waals surface area contributed by atoms with Crippen LogP contribution in [0.3, 0.4) is 0 Å². The Morgan fingerprint density at radius 2 is 1.66 bits per heavy atom. The number of rotatable bonds is 10. The topological polar surface area (TPSA) is 111 Å². The molecule has 0 aliphatic carbocycles. The number of benzene rings is 2. The normalized spacial score (nSPS) is 29.0. The zero-order valence-corrected chi connectivity index (χ0v) is 25.5. The van der Waals surface area contributed by atoms with Crippen molar-refractivity contribution in [1.29, 1.82) is 0 Å². The first kappa shape index (κ1) is 29.5. The lowest BCUT2D eigenvalue weighted by Crippen LogP contribution is -2.57. The molecule has 5 rings (SSSR count). The van der Waals surface area contributed by atoms with E-state index in [-0.39, 0.29) is 35.1 Å². The van der Waals surface area contributed by atoms with Gasteiger partial charge >= 0.3 is 0 Å². The highest BCUT2D eigenvalue weighted by molar-refractivity contribution is 9.09. The summed E-state index contributed by atoms with van der Waals surface area (Å²) in [6.45, 7) is 9.43. The van der Waals surface area contributed by atoms with Gasteiger partial charge in [0.05, 0.1) is 30.6 Å². The number of aliphatic hydroxyl groups is 1. The molecule has 0 radical (unpaired) electrons. The molecule has 3 unspecified atom stereocenters. The molecule has 2 aromatic rings. The average molecular weight is 628 g/mol. The number of nitrogens with one attached hydrogen (secondary N) is 2. The number of ether oxygens (including phenoxy) is 1. The summed E-state index contributed by atoms with van der Waals surface area (Å²) >= 11 is 3.70. The number of halogens is 1. The summed E-state index contributed by atoms with van der Waals surface area (Å²) in [7, 11) is 0. The van der Waals surface area contributed by atoms with Gasteiger partial charge in [-0.1, -0.05) is 48.0 Å². The lowest BCUT2D eigenvalue weighted by atomic mass is 9.70. The van der Waals surface area contributed by atoms with Gasteiger partial charge in [0.15, 0.2) is 0 Å². The molecule has 3 N–H and O–H groups in total. The summed E-state index contributed by atoms with van der Waals surface area (Å²) < 4.78 is 6.57. The van der Waals surface area contributed by atoms with Gasteiger partial charge in [-0.15, -0.1) is 0 Å². The number of carbonyl (C=O) groups is 3. The maximum atomic E-state index is 14.3. The van der Waals surface area contributed by atoms with Gasteiger partial charge in [-0.3, -0.25) is 14.4 Å². The second kappa shape index (κ2) is 11.7. The van der Waals surface area contributed by atoms with Crippen molar-refractivity contribution in [3.05, 3.63) is 54.6 Å². The summed E-state index contributed by atoms with van der Waals surface area (Å²) in [6, 6.07) is 15.1. The molecule has 0 aromatic heterocycles. The summed E-state index contributed by atoms with van der Waals surface area (Å²) in [5.41, 5.74) is 1.07. The molecule has 3 amide bonds. The van der Waals surface area contributed by atoms with Gasteiger partial charge in [-0.2, -0.15) is 0 Å². The molecule has 41 heavy (non-hydrogen) atoms. The Hall–Kier alpha value is -2.95. The highest BCUT2D eigenvalue weighted by atomic mass is 79.9. The molecule has 3 saturated heterocycles. The summed E-state index contributed by atoms with van der Waals surface area (Å²) in [4.78, 5) is 45.6. The zero-order chi connectivity index (χ0) is 29.5. The van der Waals surface area contributed by atoms with E-state index < -0.39 is 35.6 Å². The lowest BCUT2D eigenvalue weighted by molar-refractivity contribution is -0.144. The van der Waals surface area contributed by atoms with Gasteiger partial charge in [0.25, 0.3) is 0 Å². The fourth-order valence-corrected chi connectivity index (χ4v) is 7.89. The number of aliphatic hydroxyl groups excluding tert-OH is 1. The van der Waals surface area contributed by atoms with Crippen molar-refractivity contribution in [3.8, 4) is 0 Å². The molecule has 3 fully saturated rings. The third kappa shape index (κ3) is 5.04. The van der Waals surface area contributed by atoms with Crippen LogP contribution in [0, 0.1) is 17.8 Å². The third-order valence-electron chi connectivity index (χ3n) is 8.90. The van der Waals surface area contributed by atoms with Crippen LogP contribution in [0.1, 0.15) is 34.1 Å². The average Bonchev–Trinajstić information content (AvgIpc) is 3.54. The molecular weight excluding hydrogens is 588 g/mol. The molecule has 2 bridgehead atoms.